The van der Waals surface area contributed by atoms with Crippen LogP contribution in [0.3, 0.4) is 0 Å². The predicted molar refractivity (Wildman–Crippen MR) is 131 cm³/mol. The normalized spacial score (nSPS) is 14.9. The first kappa shape index (κ1) is 22.3. The molecule has 5 aromatic rings. The van der Waals surface area contributed by atoms with Crippen LogP contribution in [-0.4, -0.2) is 26.4 Å². The van der Waals surface area contributed by atoms with Crippen molar-refractivity contribution in [1.29, 1.82) is 0 Å². The number of phenols is 3. The van der Waals surface area contributed by atoms with Crippen LogP contribution in [0.5, 0.6) is 28.7 Å². The Hall–Kier alpha value is -5.18. The molecule has 37 heavy (non-hydrogen) atoms. The molecule has 0 bridgehead atoms. The Balaban J connectivity index is 1.60. The highest BCUT2D eigenvalue weighted by Gasteiger charge is 2.36. The van der Waals surface area contributed by atoms with Crippen molar-refractivity contribution < 1.29 is 38.8 Å². The maximum absolute atomic E-state index is 13.2. The first-order valence-electron chi connectivity index (χ1n) is 11.3. The zero-order chi connectivity index (χ0) is 25.8. The first-order valence-corrected chi connectivity index (χ1v) is 11.3. The van der Waals surface area contributed by atoms with Gasteiger partial charge >= 0.3 is 5.97 Å². The van der Waals surface area contributed by atoms with Crippen molar-refractivity contribution in [3.8, 4) is 51.4 Å². The molecular formula is C28H18O9. The summed E-state index contributed by atoms with van der Waals surface area (Å²) in [5.74, 6) is -2.89. The molecular weight excluding hydrogens is 480 g/mol. The monoisotopic (exact) mass is 498 g/mol. The third kappa shape index (κ3) is 3.56. The molecule has 0 aliphatic carbocycles. The van der Waals surface area contributed by atoms with Crippen molar-refractivity contribution in [1.82, 2.24) is 0 Å². The third-order valence-electron chi connectivity index (χ3n) is 6.33. The summed E-state index contributed by atoms with van der Waals surface area (Å²) >= 11 is 0. The van der Waals surface area contributed by atoms with Crippen LogP contribution in [0.1, 0.15) is 23.7 Å². The molecule has 3 aromatic carbocycles. The van der Waals surface area contributed by atoms with E-state index in [0.29, 0.717) is 11.5 Å². The Morgan fingerprint density at radius 1 is 0.757 bits per heavy atom. The van der Waals surface area contributed by atoms with E-state index in [1.807, 2.05) is 30.3 Å². The van der Waals surface area contributed by atoms with Gasteiger partial charge in [0, 0.05) is 22.8 Å². The Labute approximate surface area is 208 Å². The molecule has 1 atom stereocenters. The van der Waals surface area contributed by atoms with Crippen LogP contribution < -0.4 is 10.2 Å². The minimum Gasteiger partial charge on any atom is -0.507 e. The molecule has 3 heterocycles. The Morgan fingerprint density at radius 2 is 1.54 bits per heavy atom. The van der Waals surface area contributed by atoms with Gasteiger partial charge in [-0.3, -0.25) is 9.59 Å². The fourth-order valence-corrected chi connectivity index (χ4v) is 4.58. The number of fused-ring (bicyclic) bond motifs is 3. The van der Waals surface area contributed by atoms with Gasteiger partial charge in [-0.25, -0.2) is 0 Å². The van der Waals surface area contributed by atoms with E-state index in [0.717, 1.165) is 17.7 Å². The largest absolute Gasteiger partial charge is 0.507 e. The molecule has 4 N–H and O–H groups in total. The summed E-state index contributed by atoms with van der Waals surface area (Å²) in [4.78, 5) is 25.6. The predicted octanol–water partition coefficient (Wildman–Crippen LogP) is 4.98. The molecule has 9 heteroatoms. The molecule has 0 saturated heterocycles. The van der Waals surface area contributed by atoms with E-state index in [4.69, 9.17) is 13.6 Å². The molecule has 0 radical (unpaired) electrons. The summed E-state index contributed by atoms with van der Waals surface area (Å²) < 4.78 is 17.4. The van der Waals surface area contributed by atoms with Crippen molar-refractivity contribution in [2.24, 2.45) is 0 Å². The van der Waals surface area contributed by atoms with Gasteiger partial charge in [0.15, 0.2) is 17.3 Å². The number of hydrogen-bond acceptors (Lipinski definition) is 9. The van der Waals surface area contributed by atoms with Gasteiger partial charge in [0.2, 0.25) is 11.2 Å². The molecule has 0 fully saturated rings. The molecule has 1 aliphatic rings. The van der Waals surface area contributed by atoms with Gasteiger partial charge in [-0.2, -0.15) is 0 Å². The number of carbonyl (C=O) groups excluding carboxylic acids is 1. The van der Waals surface area contributed by atoms with Crippen LogP contribution in [0.4, 0.5) is 0 Å². The summed E-state index contributed by atoms with van der Waals surface area (Å²) in [6.07, 6.45) is -0.130. The van der Waals surface area contributed by atoms with E-state index >= 15 is 0 Å². The minimum atomic E-state index is -0.927. The molecule has 0 unspecified atom stereocenters. The number of furan rings is 1. The fourth-order valence-electron chi connectivity index (χ4n) is 4.58. The number of aromatic hydroxyl groups is 4. The van der Waals surface area contributed by atoms with Crippen LogP contribution in [0.15, 0.2) is 80.4 Å². The van der Waals surface area contributed by atoms with Crippen molar-refractivity contribution in [3.63, 3.8) is 0 Å². The first-order chi connectivity index (χ1) is 17.8. The molecule has 0 saturated carbocycles. The highest BCUT2D eigenvalue weighted by atomic mass is 16.5. The Kier molecular flexibility index (Phi) is 4.94. The van der Waals surface area contributed by atoms with Crippen molar-refractivity contribution in [2.45, 2.75) is 12.3 Å². The average Bonchev–Trinajstić information content (AvgIpc) is 3.38. The topological polar surface area (TPSA) is 151 Å². The summed E-state index contributed by atoms with van der Waals surface area (Å²) in [6, 6.07) is 17.6. The minimum absolute atomic E-state index is 0.0164. The van der Waals surface area contributed by atoms with Gasteiger partial charge in [-0.1, -0.05) is 30.3 Å². The van der Waals surface area contributed by atoms with Gasteiger partial charge in [0.1, 0.15) is 34.0 Å². The Bertz CT molecular complexity index is 1760. The molecule has 184 valence electrons. The fraction of sp³-hybridized carbons (Fsp3) is 0.0714. The highest BCUT2D eigenvalue weighted by Crippen LogP contribution is 2.48. The molecule has 6 rings (SSSR count). The lowest BCUT2D eigenvalue weighted by atomic mass is 9.88. The molecule has 1 aliphatic heterocycles. The second-order valence-electron chi connectivity index (χ2n) is 8.62. The SMILES string of the molecule is O=C1C[C@H](c2ccc(-c3ccccc3)o2)c2c(cc(O)c3c(=O)c(O)c(-c4ccc(O)c(O)c4)oc23)O1. The summed E-state index contributed by atoms with van der Waals surface area (Å²) in [7, 11) is 0. The van der Waals surface area contributed by atoms with Gasteiger partial charge < -0.3 is 34.0 Å². The van der Waals surface area contributed by atoms with Gasteiger partial charge in [-0.05, 0) is 30.3 Å². The van der Waals surface area contributed by atoms with Crippen LogP contribution in [0.2, 0.25) is 0 Å². The number of carbonyl (C=O) groups is 1. The highest BCUT2D eigenvalue weighted by molar-refractivity contribution is 5.94. The zero-order valence-electron chi connectivity index (χ0n) is 19.0. The zero-order valence-corrected chi connectivity index (χ0v) is 19.0. The van der Waals surface area contributed by atoms with E-state index in [9.17, 15) is 30.0 Å². The van der Waals surface area contributed by atoms with E-state index in [1.54, 1.807) is 12.1 Å². The van der Waals surface area contributed by atoms with Crippen LogP contribution >= 0.6 is 0 Å². The molecule has 9 nitrogen and oxygen atoms in total. The molecule has 0 spiro atoms. The van der Waals surface area contributed by atoms with E-state index in [2.05, 4.69) is 0 Å². The lowest BCUT2D eigenvalue weighted by Gasteiger charge is -2.24. The number of ether oxygens (including phenoxy) is 1. The van der Waals surface area contributed by atoms with E-state index in [-0.39, 0.29) is 40.0 Å². The van der Waals surface area contributed by atoms with Gasteiger partial charge in [0.05, 0.1) is 12.3 Å². The number of esters is 1. The number of phenolic OH excluding ortho intramolecular Hbond substituents is 3. The van der Waals surface area contributed by atoms with E-state index < -0.39 is 40.3 Å². The van der Waals surface area contributed by atoms with Crippen molar-refractivity contribution >= 4 is 16.9 Å². The maximum Gasteiger partial charge on any atom is 0.312 e. The number of benzene rings is 3. The van der Waals surface area contributed by atoms with Crippen LogP contribution in [-0.2, 0) is 4.79 Å². The average molecular weight is 498 g/mol. The molecule has 0 amide bonds. The second-order valence-corrected chi connectivity index (χ2v) is 8.62. The third-order valence-corrected chi connectivity index (χ3v) is 6.33. The summed E-state index contributed by atoms with van der Waals surface area (Å²) in [5, 5.41) is 40.5. The van der Waals surface area contributed by atoms with Crippen molar-refractivity contribution in [2.75, 3.05) is 0 Å². The lowest BCUT2D eigenvalue weighted by Crippen LogP contribution is -2.21. The smallest absolute Gasteiger partial charge is 0.312 e. The Morgan fingerprint density at radius 3 is 2.30 bits per heavy atom. The van der Waals surface area contributed by atoms with Crippen LogP contribution in [0, 0.1) is 0 Å². The van der Waals surface area contributed by atoms with Gasteiger partial charge in [0.25, 0.3) is 0 Å². The lowest BCUT2D eigenvalue weighted by molar-refractivity contribution is -0.135. The second kappa shape index (κ2) is 8.20. The maximum atomic E-state index is 13.2. The van der Waals surface area contributed by atoms with E-state index in [1.165, 1.54) is 12.1 Å². The quantitative estimate of drug-likeness (QED) is 0.153. The summed E-state index contributed by atoms with van der Waals surface area (Å²) in [6.45, 7) is 0. The number of hydrogen-bond donors (Lipinski definition) is 4. The van der Waals surface area contributed by atoms with Crippen molar-refractivity contribution in [3.05, 3.63) is 88.3 Å². The summed E-state index contributed by atoms with van der Waals surface area (Å²) in [5.41, 5.74) is 0.161. The molecule has 2 aromatic heterocycles. The van der Waals surface area contributed by atoms with Crippen LogP contribution in [0.25, 0.3) is 33.6 Å². The van der Waals surface area contributed by atoms with Gasteiger partial charge in [-0.15, -0.1) is 0 Å². The number of rotatable bonds is 3. The standard InChI is InChI=1S/C28H18O9/c29-16-7-6-14(10-17(16)30)27-26(34)25(33)24-18(31)12-21-23(28(24)37-27)15(11-22(32)36-21)20-9-8-19(35-20)13-4-2-1-3-5-13/h1-10,12,15,29-31,34H,11H2/t15-/m1/s1.